The Morgan fingerprint density at radius 1 is 1.20 bits per heavy atom. The van der Waals surface area contributed by atoms with Gasteiger partial charge in [-0.15, -0.1) is 0 Å². The van der Waals surface area contributed by atoms with E-state index in [0.29, 0.717) is 17.4 Å². The maximum absolute atomic E-state index is 11.3. The van der Waals surface area contributed by atoms with Crippen LogP contribution in [0.1, 0.15) is 11.4 Å². The van der Waals surface area contributed by atoms with Crippen LogP contribution in [0.2, 0.25) is 5.15 Å². The van der Waals surface area contributed by atoms with E-state index < -0.39 is 0 Å². The molecule has 1 N–H and O–H groups in total. The maximum atomic E-state index is 11.3. The summed E-state index contributed by atoms with van der Waals surface area (Å²) in [6.45, 7) is -0.0741. The second-order valence-electron chi connectivity index (χ2n) is 4.13. The number of halogens is 1. The van der Waals surface area contributed by atoms with E-state index >= 15 is 0 Å². The van der Waals surface area contributed by atoms with Gasteiger partial charge >= 0.3 is 0 Å². The fraction of sp³-hybridized carbons (Fsp3) is 0.0714. The summed E-state index contributed by atoms with van der Waals surface area (Å²) in [6, 6.07) is 9.74. The lowest BCUT2D eigenvalue weighted by Gasteiger charge is -2.17. The first-order chi connectivity index (χ1) is 9.72. The van der Waals surface area contributed by atoms with Crippen LogP contribution in [-0.4, -0.2) is 22.5 Å². The van der Waals surface area contributed by atoms with Crippen molar-refractivity contribution in [3.05, 3.63) is 46.9 Å². The zero-order valence-electron chi connectivity index (χ0n) is 10.3. The van der Waals surface area contributed by atoms with Gasteiger partial charge in [0.1, 0.15) is 0 Å². The van der Waals surface area contributed by atoms with Gasteiger partial charge in [-0.2, -0.15) is 0 Å². The third kappa shape index (κ3) is 2.62. The highest BCUT2D eigenvalue weighted by Gasteiger charge is 2.21. The summed E-state index contributed by atoms with van der Waals surface area (Å²) < 4.78 is 5.19. The zero-order chi connectivity index (χ0) is 13.9. The Labute approximate surface area is 120 Å². The number of carbonyl (C=O) groups is 1. The molecule has 0 bridgehead atoms. The predicted molar refractivity (Wildman–Crippen MR) is 76.5 cm³/mol. The highest BCUT2D eigenvalue weighted by Crippen LogP contribution is 2.32. The summed E-state index contributed by atoms with van der Waals surface area (Å²) in [4.78, 5) is 19.6. The second kappa shape index (κ2) is 5.30. The van der Waals surface area contributed by atoms with E-state index in [4.69, 9.17) is 16.3 Å². The highest BCUT2D eigenvalue weighted by atomic mass is 35.5. The highest BCUT2D eigenvalue weighted by molar-refractivity contribution is 6.31. The molecule has 0 spiro atoms. The van der Waals surface area contributed by atoms with Gasteiger partial charge in [-0.1, -0.05) is 48.0 Å². The molecule has 0 atom stereocenters. The van der Waals surface area contributed by atoms with Crippen LogP contribution < -0.4 is 10.1 Å². The number of benzene rings is 1. The van der Waals surface area contributed by atoms with E-state index in [1.807, 2.05) is 36.4 Å². The summed E-state index contributed by atoms with van der Waals surface area (Å²) in [7, 11) is 0. The van der Waals surface area contributed by atoms with E-state index in [0.717, 1.165) is 5.56 Å². The summed E-state index contributed by atoms with van der Waals surface area (Å²) >= 11 is 6.02. The molecule has 0 aliphatic carbocycles. The van der Waals surface area contributed by atoms with Crippen LogP contribution in [-0.2, 0) is 4.79 Å². The van der Waals surface area contributed by atoms with E-state index in [2.05, 4.69) is 15.3 Å². The number of amides is 1. The molecule has 1 aliphatic rings. The minimum atomic E-state index is -0.259. The molecule has 5 nitrogen and oxygen atoms in total. The third-order valence-electron chi connectivity index (χ3n) is 2.67. The molecule has 3 rings (SSSR count). The molecule has 0 saturated heterocycles. The maximum Gasteiger partial charge on any atom is 0.263 e. The number of hydrogen-bond acceptors (Lipinski definition) is 4. The second-order valence-corrected chi connectivity index (χ2v) is 4.49. The first kappa shape index (κ1) is 12.6. The average molecular weight is 288 g/mol. The molecule has 1 aromatic carbocycles. The molecule has 0 saturated carbocycles. The Hall–Kier alpha value is -2.40. The Morgan fingerprint density at radius 3 is 2.80 bits per heavy atom. The molecule has 0 radical (unpaired) electrons. The third-order valence-corrected chi connectivity index (χ3v) is 2.93. The minimum absolute atomic E-state index is 0.0741. The monoisotopic (exact) mass is 287 g/mol. The van der Waals surface area contributed by atoms with Crippen molar-refractivity contribution in [3.63, 3.8) is 0 Å². The van der Waals surface area contributed by atoms with Crippen molar-refractivity contribution in [2.75, 3.05) is 11.9 Å². The number of rotatable bonds is 2. The quantitative estimate of drug-likeness (QED) is 0.863. The van der Waals surface area contributed by atoms with E-state index in [1.54, 1.807) is 6.08 Å². The zero-order valence-corrected chi connectivity index (χ0v) is 11.1. The Kier molecular flexibility index (Phi) is 3.35. The van der Waals surface area contributed by atoms with E-state index in [1.165, 1.54) is 0 Å². The van der Waals surface area contributed by atoms with Crippen LogP contribution in [0.3, 0.4) is 0 Å². The topological polar surface area (TPSA) is 64.1 Å². The number of fused-ring (bicyclic) bond motifs is 1. The summed E-state index contributed by atoms with van der Waals surface area (Å²) in [5.41, 5.74) is 1.02. The molecule has 6 heteroatoms. The van der Waals surface area contributed by atoms with Gasteiger partial charge in [0.25, 0.3) is 5.91 Å². The van der Waals surface area contributed by atoms with Crippen molar-refractivity contribution in [1.82, 2.24) is 9.97 Å². The van der Waals surface area contributed by atoms with Gasteiger partial charge in [0, 0.05) is 0 Å². The van der Waals surface area contributed by atoms with Crippen molar-refractivity contribution in [1.29, 1.82) is 0 Å². The van der Waals surface area contributed by atoms with Gasteiger partial charge in [-0.25, -0.2) is 9.97 Å². The predicted octanol–water partition coefficient (Wildman–Crippen LogP) is 2.63. The van der Waals surface area contributed by atoms with Crippen LogP contribution in [0.5, 0.6) is 5.75 Å². The normalized spacial score (nSPS) is 13.8. The van der Waals surface area contributed by atoms with Crippen molar-refractivity contribution >= 4 is 35.5 Å². The molecule has 20 heavy (non-hydrogen) atoms. The smallest absolute Gasteiger partial charge is 0.263 e. The van der Waals surface area contributed by atoms with Gasteiger partial charge < -0.3 is 10.1 Å². The molecule has 0 unspecified atom stereocenters. The first-order valence-corrected chi connectivity index (χ1v) is 6.33. The minimum Gasteiger partial charge on any atom is -0.477 e. The van der Waals surface area contributed by atoms with Gasteiger partial charge in [0.2, 0.25) is 0 Å². The Balaban J connectivity index is 1.91. The van der Waals surface area contributed by atoms with Gasteiger partial charge in [-0.05, 0) is 11.6 Å². The molecule has 1 aliphatic heterocycles. The fourth-order valence-electron chi connectivity index (χ4n) is 1.77. The number of nitrogens with zero attached hydrogens (tertiary/aromatic N) is 2. The van der Waals surface area contributed by atoms with Crippen LogP contribution in [0.4, 0.5) is 5.82 Å². The van der Waals surface area contributed by atoms with Crippen LogP contribution in [0.15, 0.2) is 30.3 Å². The van der Waals surface area contributed by atoms with Crippen LogP contribution >= 0.6 is 11.6 Å². The summed E-state index contributed by atoms with van der Waals surface area (Å²) in [6.07, 6.45) is 3.59. The lowest BCUT2D eigenvalue weighted by molar-refractivity contribution is -0.118. The molecule has 2 aromatic rings. The molecule has 0 fully saturated rings. The van der Waals surface area contributed by atoms with Gasteiger partial charge in [0.15, 0.2) is 29.2 Å². The van der Waals surface area contributed by atoms with Crippen molar-refractivity contribution in [3.8, 4) is 5.75 Å². The van der Waals surface area contributed by atoms with Crippen molar-refractivity contribution < 1.29 is 9.53 Å². The lowest BCUT2D eigenvalue weighted by atomic mass is 10.2. The molecular weight excluding hydrogens is 278 g/mol. The number of aromatic nitrogens is 2. The average Bonchev–Trinajstić information content (AvgIpc) is 2.46. The Bertz CT molecular complexity index is 686. The van der Waals surface area contributed by atoms with Crippen molar-refractivity contribution in [2.24, 2.45) is 0 Å². The van der Waals surface area contributed by atoms with Crippen LogP contribution in [0.25, 0.3) is 12.2 Å². The molecule has 1 aromatic heterocycles. The largest absolute Gasteiger partial charge is 0.477 e. The van der Waals surface area contributed by atoms with Gasteiger partial charge in [-0.3, -0.25) is 4.79 Å². The number of carbonyl (C=O) groups excluding carboxylic acids is 1. The number of ether oxygens (including phenoxy) is 1. The van der Waals surface area contributed by atoms with E-state index in [-0.39, 0.29) is 17.7 Å². The molecule has 100 valence electrons. The van der Waals surface area contributed by atoms with Crippen molar-refractivity contribution in [2.45, 2.75) is 0 Å². The lowest BCUT2D eigenvalue weighted by Crippen LogP contribution is -2.26. The molecular formula is C14H10ClN3O2. The summed E-state index contributed by atoms with van der Waals surface area (Å²) in [5.74, 6) is 0.755. The van der Waals surface area contributed by atoms with E-state index in [9.17, 15) is 4.79 Å². The van der Waals surface area contributed by atoms with Gasteiger partial charge in [0.05, 0.1) is 0 Å². The SMILES string of the molecule is O=C1COc2c(Cl)nc(/C=C\c3ccccc3)nc2N1. The molecule has 2 heterocycles. The first-order valence-electron chi connectivity index (χ1n) is 5.96. The standard InChI is InChI=1S/C14H10ClN3O2/c15-13-12-14(18-11(19)8-20-12)17-10(16-13)7-6-9-4-2-1-3-5-9/h1-7H,8H2,(H,16,17,18,19)/b7-6-. The van der Waals surface area contributed by atoms with Crippen LogP contribution in [0, 0.1) is 0 Å². The number of hydrogen-bond donors (Lipinski definition) is 1. The fourth-order valence-corrected chi connectivity index (χ4v) is 2.00. The molecule has 1 amide bonds. The summed E-state index contributed by atoms with van der Waals surface area (Å²) in [5, 5.41) is 2.79. The number of nitrogens with one attached hydrogen (secondary N) is 1. The number of anilines is 1. The Morgan fingerprint density at radius 2 is 2.00 bits per heavy atom.